The highest BCUT2D eigenvalue weighted by molar-refractivity contribution is 7.26. The number of furan rings is 1. The summed E-state index contributed by atoms with van der Waals surface area (Å²) in [5.41, 5.74) is 15.3. The molecule has 0 fully saturated rings. The Kier molecular flexibility index (Phi) is 8.22. The summed E-state index contributed by atoms with van der Waals surface area (Å²) in [6.45, 7) is 9.59. The number of fused-ring (bicyclic) bond motifs is 7. The molecule has 3 heteroatoms. The van der Waals surface area contributed by atoms with Crippen molar-refractivity contribution in [1.29, 1.82) is 0 Å². The fourth-order valence-electron chi connectivity index (χ4n) is 9.69. The molecule has 286 valence electrons. The van der Waals surface area contributed by atoms with Gasteiger partial charge in [-0.1, -0.05) is 155 Å². The van der Waals surface area contributed by atoms with E-state index < -0.39 is 0 Å². The van der Waals surface area contributed by atoms with Crippen LogP contribution in [0.3, 0.4) is 0 Å². The van der Waals surface area contributed by atoms with Gasteiger partial charge in [-0.15, -0.1) is 11.3 Å². The van der Waals surface area contributed by atoms with Crippen LogP contribution in [0.2, 0.25) is 0 Å². The average molecular weight is 780 g/mol. The number of anilines is 3. The van der Waals surface area contributed by atoms with Crippen molar-refractivity contribution in [2.24, 2.45) is 0 Å². The third-order valence-corrected chi connectivity index (χ3v) is 14.2. The summed E-state index contributed by atoms with van der Waals surface area (Å²) in [7, 11) is 0. The molecule has 1 aliphatic carbocycles. The van der Waals surface area contributed by atoms with Gasteiger partial charge in [0.15, 0.2) is 0 Å². The normalized spacial score (nSPS) is 14.6. The van der Waals surface area contributed by atoms with Crippen molar-refractivity contribution in [3.05, 3.63) is 187 Å². The summed E-state index contributed by atoms with van der Waals surface area (Å²) in [6, 6.07) is 64.6. The Morgan fingerprint density at radius 2 is 1.05 bits per heavy atom. The van der Waals surface area contributed by atoms with E-state index in [0.717, 1.165) is 46.6 Å². The molecule has 11 rings (SSSR count). The molecule has 0 radical (unpaired) electrons. The van der Waals surface area contributed by atoms with Crippen molar-refractivity contribution < 1.29 is 4.42 Å². The Bertz CT molecular complexity index is 3220. The van der Waals surface area contributed by atoms with Crippen LogP contribution in [0.4, 0.5) is 17.1 Å². The number of para-hydroxylation sites is 1. The van der Waals surface area contributed by atoms with E-state index in [0.29, 0.717) is 0 Å². The zero-order valence-electron chi connectivity index (χ0n) is 33.9. The lowest BCUT2D eigenvalue weighted by Crippen LogP contribution is -2.33. The number of nitrogens with zero attached hydrogens (tertiary/aromatic N) is 1. The Hall–Kier alpha value is -6.42. The number of rotatable bonds is 6. The molecular weight excluding hydrogens is 735 g/mol. The number of hydrogen-bond acceptors (Lipinski definition) is 3. The number of thiophene rings is 1. The molecule has 0 bridgehead atoms. The molecule has 8 aromatic carbocycles. The third kappa shape index (κ3) is 5.82. The second-order valence-electron chi connectivity index (χ2n) is 17.5. The highest BCUT2D eigenvalue weighted by Gasteiger charge is 2.38. The van der Waals surface area contributed by atoms with Crippen LogP contribution < -0.4 is 4.90 Å². The lowest BCUT2D eigenvalue weighted by Gasteiger charge is -2.41. The molecule has 0 atom stereocenters. The smallest absolute Gasteiger partial charge is 0.136 e. The fourth-order valence-corrected chi connectivity index (χ4v) is 10.9. The second-order valence-corrected chi connectivity index (χ2v) is 18.6. The zero-order valence-corrected chi connectivity index (χ0v) is 34.7. The van der Waals surface area contributed by atoms with E-state index in [1.807, 2.05) is 11.3 Å². The van der Waals surface area contributed by atoms with E-state index in [2.05, 4.69) is 209 Å². The third-order valence-electron chi connectivity index (χ3n) is 13.0. The van der Waals surface area contributed by atoms with Gasteiger partial charge in [0, 0.05) is 37.4 Å². The maximum atomic E-state index is 6.82. The van der Waals surface area contributed by atoms with Gasteiger partial charge in [-0.3, -0.25) is 0 Å². The first-order valence-electron chi connectivity index (χ1n) is 20.8. The predicted molar refractivity (Wildman–Crippen MR) is 253 cm³/mol. The Morgan fingerprint density at radius 1 is 0.441 bits per heavy atom. The zero-order chi connectivity index (χ0) is 39.9. The van der Waals surface area contributed by atoms with E-state index in [-0.39, 0.29) is 10.8 Å². The summed E-state index contributed by atoms with van der Waals surface area (Å²) >= 11 is 1.87. The van der Waals surface area contributed by atoms with Crippen molar-refractivity contribution in [3.8, 4) is 33.4 Å². The molecule has 0 amide bonds. The summed E-state index contributed by atoms with van der Waals surface area (Å²) in [5.74, 6) is 0. The lowest BCUT2D eigenvalue weighted by atomic mass is 9.63. The van der Waals surface area contributed by atoms with Gasteiger partial charge >= 0.3 is 0 Å². The highest BCUT2D eigenvalue weighted by Crippen LogP contribution is 2.53. The molecule has 10 aromatic rings. The summed E-state index contributed by atoms with van der Waals surface area (Å²) < 4.78 is 9.37. The summed E-state index contributed by atoms with van der Waals surface area (Å²) in [4.78, 5) is 2.53. The Labute approximate surface area is 350 Å². The molecule has 0 saturated carbocycles. The number of hydrogen-bond donors (Lipinski definition) is 0. The maximum Gasteiger partial charge on any atom is 0.136 e. The molecule has 2 nitrogen and oxygen atoms in total. The van der Waals surface area contributed by atoms with Gasteiger partial charge in [-0.25, -0.2) is 0 Å². The van der Waals surface area contributed by atoms with Gasteiger partial charge in [0.25, 0.3) is 0 Å². The molecule has 59 heavy (non-hydrogen) atoms. The second kappa shape index (κ2) is 13.6. The monoisotopic (exact) mass is 779 g/mol. The average Bonchev–Trinajstić information content (AvgIpc) is 3.85. The highest BCUT2D eigenvalue weighted by atomic mass is 32.1. The maximum absolute atomic E-state index is 6.82. The minimum Gasteiger partial charge on any atom is -0.456 e. The molecular formula is C56H45NOS. The first-order chi connectivity index (χ1) is 28.7. The van der Waals surface area contributed by atoms with E-state index in [4.69, 9.17) is 4.42 Å². The van der Waals surface area contributed by atoms with Crippen LogP contribution in [0.5, 0.6) is 0 Å². The van der Waals surface area contributed by atoms with E-state index in [1.165, 1.54) is 69.9 Å². The molecule has 0 unspecified atom stereocenters. The minimum atomic E-state index is 0.0783. The van der Waals surface area contributed by atoms with Gasteiger partial charge in [0.1, 0.15) is 11.2 Å². The van der Waals surface area contributed by atoms with Crippen molar-refractivity contribution >= 4 is 70.5 Å². The van der Waals surface area contributed by atoms with Crippen LogP contribution in [-0.4, -0.2) is 0 Å². The predicted octanol–water partition coefficient (Wildman–Crippen LogP) is 16.8. The van der Waals surface area contributed by atoms with Crippen molar-refractivity contribution in [2.45, 2.75) is 51.4 Å². The van der Waals surface area contributed by atoms with Crippen LogP contribution in [0.15, 0.2) is 180 Å². The SMILES string of the molecule is CC1(C)CCC(C)(C)c2cc3c(cc21)oc1cccc(-c2ccccc2N(c2ccc(-c4ccccc4)cc2-c2ccccc2)c2cccc4c2sc2ccccc24)c13. The number of benzene rings is 8. The molecule has 0 spiro atoms. The standard InChI is InChI=1S/C56H45NOS/c1-55(2)31-32-56(3,4)46-35-51-44(34-45(46)55)53-41(23-16-27-50(53)58-51)39-21-11-13-25-47(39)57(49-26-15-24-42-40-22-12-14-28-52(40)59-54(42)49)48-30-29-38(36-17-7-5-8-18-36)33-43(48)37-19-9-6-10-20-37/h5-30,33-35H,31-32H2,1-4H3. The quantitative estimate of drug-likeness (QED) is 0.167. The fraction of sp³-hybridized carbons (Fsp3) is 0.143. The molecule has 0 N–H and O–H groups in total. The van der Waals surface area contributed by atoms with Gasteiger partial charge < -0.3 is 9.32 Å². The first kappa shape index (κ1) is 35.7. The minimum absolute atomic E-state index is 0.0783. The molecule has 0 saturated heterocycles. The molecule has 2 aromatic heterocycles. The summed E-state index contributed by atoms with van der Waals surface area (Å²) in [6.07, 6.45) is 2.33. The van der Waals surface area contributed by atoms with E-state index in [1.54, 1.807) is 0 Å². The Balaban J connectivity index is 1.21. The van der Waals surface area contributed by atoms with E-state index >= 15 is 0 Å². The topological polar surface area (TPSA) is 16.4 Å². The van der Waals surface area contributed by atoms with Crippen molar-refractivity contribution in [3.63, 3.8) is 0 Å². The van der Waals surface area contributed by atoms with Crippen LogP contribution in [0.1, 0.15) is 51.7 Å². The van der Waals surface area contributed by atoms with Gasteiger partial charge in [-0.05, 0) is 106 Å². The van der Waals surface area contributed by atoms with Gasteiger partial charge in [-0.2, -0.15) is 0 Å². The molecule has 2 heterocycles. The summed E-state index contributed by atoms with van der Waals surface area (Å²) in [5, 5.41) is 4.91. The van der Waals surface area contributed by atoms with E-state index in [9.17, 15) is 0 Å². The van der Waals surface area contributed by atoms with Crippen LogP contribution in [0.25, 0.3) is 75.5 Å². The van der Waals surface area contributed by atoms with Gasteiger partial charge in [0.05, 0.1) is 21.8 Å². The van der Waals surface area contributed by atoms with Crippen molar-refractivity contribution in [1.82, 2.24) is 0 Å². The lowest BCUT2D eigenvalue weighted by molar-refractivity contribution is 0.332. The first-order valence-corrected chi connectivity index (χ1v) is 21.6. The van der Waals surface area contributed by atoms with Crippen LogP contribution in [-0.2, 0) is 10.8 Å². The molecule has 1 aliphatic rings. The largest absolute Gasteiger partial charge is 0.456 e. The molecule has 0 aliphatic heterocycles. The van der Waals surface area contributed by atoms with Gasteiger partial charge in [0.2, 0.25) is 0 Å². The van der Waals surface area contributed by atoms with Crippen LogP contribution in [0, 0.1) is 0 Å². The van der Waals surface area contributed by atoms with Crippen molar-refractivity contribution in [2.75, 3.05) is 4.90 Å². The Morgan fingerprint density at radius 3 is 1.85 bits per heavy atom. The van der Waals surface area contributed by atoms with Crippen LogP contribution >= 0.6 is 11.3 Å².